The minimum atomic E-state index is -0.683. The van der Waals surface area contributed by atoms with Crippen LogP contribution in [0.3, 0.4) is 0 Å². The zero-order chi connectivity index (χ0) is 32.1. The van der Waals surface area contributed by atoms with E-state index < -0.39 is 5.54 Å². The molecule has 4 aromatic carbocycles. The maximum absolute atomic E-state index is 2.63. The van der Waals surface area contributed by atoms with E-state index in [1.807, 2.05) is 0 Å². The summed E-state index contributed by atoms with van der Waals surface area (Å²) in [6.07, 6.45) is 2.42. The predicted octanol–water partition coefficient (Wildman–Crippen LogP) is 8.54. The summed E-state index contributed by atoms with van der Waals surface area (Å²) < 4.78 is 7.70. The van der Waals surface area contributed by atoms with E-state index in [1.54, 1.807) is 0 Å². The first-order valence-electron chi connectivity index (χ1n) is 16.8. The zero-order valence-electron chi connectivity index (χ0n) is 27.3. The van der Waals surface area contributed by atoms with Gasteiger partial charge >= 0.3 is 11.2 Å². The largest absolute Gasteiger partial charge is 0.342 e. The van der Waals surface area contributed by atoms with Crippen LogP contribution < -0.4 is 13.5 Å². The number of nitrogens with zero attached hydrogens (tertiary/aromatic N) is 3. The first kappa shape index (κ1) is 27.2. The van der Waals surface area contributed by atoms with E-state index >= 15 is 0 Å². The number of benzene rings is 4. The summed E-state index contributed by atoms with van der Waals surface area (Å²) in [5.74, 6) is 0. The van der Waals surface area contributed by atoms with Gasteiger partial charge in [0, 0.05) is 49.7 Å². The quantitative estimate of drug-likeness (QED) is 0.129. The van der Waals surface area contributed by atoms with Crippen molar-refractivity contribution in [1.29, 1.82) is 0 Å². The molecular formula is C45H34N3+3. The lowest BCUT2D eigenvalue weighted by Crippen LogP contribution is -2.62. The van der Waals surface area contributed by atoms with E-state index in [2.05, 4.69) is 186 Å². The van der Waals surface area contributed by atoms with E-state index in [0.29, 0.717) is 0 Å². The second-order valence-electron chi connectivity index (χ2n) is 13.3. The molecule has 1 spiro atoms. The van der Waals surface area contributed by atoms with Crippen molar-refractivity contribution in [2.45, 2.75) is 26.3 Å². The number of hydrogen-bond donors (Lipinski definition) is 0. The maximum Gasteiger partial charge on any atom is 0.342 e. The van der Waals surface area contributed by atoms with Gasteiger partial charge in [0.2, 0.25) is 16.9 Å². The highest BCUT2D eigenvalue weighted by molar-refractivity contribution is 5.99. The molecule has 0 bridgehead atoms. The lowest BCUT2D eigenvalue weighted by Gasteiger charge is -2.25. The molecule has 48 heavy (non-hydrogen) atoms. The Labute approximate surface area is 280 Å². The molecule has 2 aliphatic heterocycles. The molecule has 0 saturated carbocycles. The Balaban J connectivity index is 1.57. The zero-order valence-corrected chi connectivity index (χ0v) is 27.3. The van der Waals surface area contributed by atoms with Crippen molar-refractivity contribution < 1.29 is 13.5 Å². The summed E-state index contributed by atoms with van der Waals surface area (Å²) in [4.78, 5) is 0. The molecule has 0 N–H and O–H groups in total. The van der Waals surface area contributed by atoms with Crippen molar-refractivity contribution in [3.8, 4) is 39.3 Å². The van der Waals surface area contributed by atoms with Gasteiger partial charge in [-0.15, -0.1) is 0 Å². The van der Waals surface area contributed by atoms with Gasteiger partial charge in [-0.2, -0.15) is 13.5 Å². The summed E-state index contributed by atoms with van der Waals surface area (Å²) in [6, 6.07) is 53.9. The highest BCUT2D eigenvalue weighted by Crippen LogP contribution is 2.51. The average molecular weight is 617 g/mol. The van der Waals surface area contributed by atoms with Gasteiger partial charge in [-0.05, 0) is 54.4 Å². The minimum Gasteiger partial charge on any atom is -0.171 e. The molecule has 8 aromatic rings. The highest BCUT2D eigenvalue weighted by atomic mass is 15.2. The molecule has 3 heteroatoms. The van der Waals surface area contributed by atoms with Crippen molar-refractivity contribution in [2.24, 2.45) is 0 Å². The molecule has 2 aliphatic rings. The van der Waals surface area contributed by atoms with E-state index in [0.717, 1.165) is 0 Å². The molecule has 1 unspecified atom stereocenters. The third-order valence-electron chi connectivity index (χ3n) is 10.8. The molecule has 1 atom stereocenters. The number of hydrogen-bond acceptors (Lipinski definition) is 0. The van der Waals surface area contributed by atoms with Gasteiger partial charge in [0.15, 0.2) is 17.6 Å². The molecular weight excluding hydrogens is 583 g/mol. The van der Waals surface area contributed by atoms with Gasteiger partial charge in [0.05, 0.1) is 33.0 Å². The van der Waals surface area contributed by atoms with E-state index in [9.17, 15) is 0 Å². The van der Waals surface area contributed by atoms with Crippen LogP contribution >= 0.6 is 0 Å². The van der Waals surface area contributed by atoms with Crippen LogP contribution in [0, 0.1) is 20.8 Å². The van der Waals surface area contributed by atoms with Crippen molar-refractivity contribution in [3.63, 3.8) is 0 Å². The Bertz CT molecular complexity index is 2650. The number of rotatable bonds is 1. The van der Waals surface area contributed by atoms with Gasteiger partial charge < -0.3 is 0 Å². The topological polar surface area (TPSA) is 11.9 Å². The van der Waals surface area contributed by atoms with Crippen molar-refractivity contribution in [1.82, 2.24) is 0 Å². The monoisotopic (exact) mass is 616 g/mol. The Hall–Kier alpha value is -5.93. The Kier molecular flexibility index (Phi) is 5.55. The molecule has 6 heterocycles. The van der Waals surface area contributed by atoms with E-state index in [4.69, 9.17) is 0 Å². The Morgan fingerprint density at radius 2 is 1.10 bits per heavy atom. The molecule has 0 fully saturated rings. The average Bonchev–Trinajstić information content (AvgIpc) is 3.37. The molecule has 4 aromatic heterocycles. The van der Waals surface area contributed by atoms with Crippen molar-refractivity contribution in [2.75, 3.05) is 0 Å². The van der Waals surface area contributed by atoms with Crippen molar-refractivity contribution >= 4 is 16.3 Å². The van der Waals surface area contributed by atoms with Gasteiger partial charge in [-0.25, -0.2) is 0 Å². The predicted molar refractivity (Wildman–Crippen MR) is 191 cm³/mol. The molecule has 3 nitrogen and oxygen atoms in total. The molecule has 10 rings (SSSR count). The van der Waals surface area contributed by atoms with Crippen LogP contribution in [0.2, 0.25) is 0 Å². The first-order chi connectivity index (χ1) is 23.6. The standard InChI is InChI=1S/C45H34N3/c1-29-27-42-33-19-7-8-20-34(33)43-44(46(42)28-37(29)32-17-5-4-6-18-32)45(38-23-11-9-21-35(38)40-25-13-15-30(2)47(40)43)39-24-12-10-22-36(39)41-26-14-16-31(3)48(41)45/h4-28H,1-3H3/q+3. The Morgan fingerprint density at radius 3 is 1.85 bits per heavy atom. The summed E-state index contributed by atoms with van der Waals surface area (Å²) in [7, 11) is 0. The second-order valence-corrected chi connectivity index (χ2v) is 13.3. The number of aryl methyl sites for hydroxylation is 3. The van der Waals surface area contributed by atoms with Crippen LogP contribution in [0.25, 0.3) is 55.6 Å². The molecule has 0 saturated heterocycles. The summed E-state index contributed by atoms with van der Waals surface area (Å²) in [6.45, 7) is 6.77. The normalized spacial score (nSPS) is 15.5. The van der Waals surface area contributed by atoms with E-state index in [1.165, 1.54) is 89.4 Å². The van der Waals surface area contributed by atoms with Crippen LogP contribution in [0.4, 0.5) is 0 Å². The number of pyridine rings is 4. The molecule has 0 radical (unpaired) electrons. The van der Waals surface area contributed by atoms with Gasteiger partial charge in [-0.3, -0.25) is 0 Å². The SMILES string of the molecule is Cc1cc2c3ccccc3c3c([n+]2cc1-c1ccccc1)C1(c2ccccc2-c2cccc(C)[n+]2-3)c2ccccc2-c2cccc(C)[n+]21. The van der Waals surface area contributed by atoms with Crippen LogP contribution in [0.1, 0.15) is 33.8 Å². The molecule has 0 amide bonds. The van der Waals surface area contributed by atoms with Crippen LogP contribution in [-0.4, -0.2) is 0 Å². The third-order valence-corrected chi connectivity index (χ3v) is 10.8. The maximum atomic E-state index is 2.63. The first-order valence-corrected chi connectivity index (χ1v) is 16.8. The highest BCUT2D eigenvalue weighted by Gasteiger charge is 2.65. The fourth-order valence-corrected chi connectivity index (χ4v) is 8.88. The fraction of sp³-hybridized carbons (Fsp3) is 0.0889. The Morgan fingerprint density at radius 1 is 0.500 bits per heavy atom. The second kappa shape index (κ2) is 9.79. The number of aromatic nitrogens is 3. The van der Waals surface area contributed by atoms with Gasteiger partial charge in [0.1, 0.15) is 0 Å². The van der Waals surface area contributed by atoms with Crippen LogP contribution in [0.15, 0.2) is 152 Å². The van der Waals surface area contributed by atoms with Crippen LogP contribution in [0.5, 0.6) is 0 Å². The minimum absolute atomic E-state index is 0.683. The molecule has 226 valence electrons. The van der Waals surface area contributed by atoms with Gasteiger partial charge in [0.25, 0.3) is 5.69 Å². The number of fused-ring (bicyclic) bond motifs is 17. The van der Waals surface area contributed by atoms with E-state index in [-0.39, 0.29) is 0 Å². The van der Waals surface area contributed by atoms with Gasteiger partial charge in [-0.1, -0.05) is 78.9 Å². The summed E-state index contributed by atoms with van der Waals surface area (Å²) in [5, 5.41) is 2.48. The lowest BCUT2D eigenvalue weighted by molar-refractivity contribution is -0.743. The molecule has 0 aliphatic carbocycles. The summed E-state index contributed by atoms with van der Waals surface area (Å²) >= 11 is 0. The fourth-order valence-electron chi connectivity index (χ4n) is 8.88. The summed E-state index contributed by atoms with van der Waals surface area (Å²) in [5.41, 5.74) is 16.6. The van der Waals surface area contributed by atoms with Crippen molar-refractivity contribution in [3.05, 3.63) is 186 Å². The third kappa shape index (κ3) is 3.35. The lowest BCUT2D eigenvalue weighted by atomic mass is 9.76. The smallest absolute Gasteiger partial charge is 0.171 e. The van der Waals surface area contributed by atoms with Crippen LogP contribution in [-0.2, 0) is 5.54 Å².